The Morgan fingerprint density at radius 1 is 1.00 bits per heavy atom. The lowest BCUT2D eigenvalue weighted by Gasteiger charge is -2.06. The molecule has 0 spiro atoms. The van der Waals surface area contributed by atoms with Crippen LogP contribution in [0.1, 0.15) is 26.3 Å². The monoisotopic (exact) mass is 412 g/mol. The third-order valence-electron chi connectivity index (χ3n) is 5.13. The Balaban J connectivity index is 1.32. The number of Topliss-reactive ketones (excluding diaryl/α,β-unsaturated/α-hetero) is 1. The van der Waals surface area contributed by atoms with E-state index < -0.39 is 12.6 Å². The van der Waals surface area contributed by atoms with Crippen LogP contribution in [0.25, 0.3) is 22.2 Å². The Morgan fingerprint density at radius 2 is 1.81 bits per heavy atom. The van der Waals surface area contributed by atoms with Crippen LogP contribution in [0.4, 0.5) is 5.69 Å². The van der Waals surface area contributed by atoms with Crippen LogP contribution in [0.2, 0.25) is 0 Å². The van der Waals surface area contributed by atoms with Crippen molar-refractivity contribution < 1.29 is 23.6 Å². The number of anilines is 1. The quantitative estimate of drug-likeness (QED) is 0.393. The largest absolute Gasteiger partial charge is 0.454 e. The first-order chi connectivity index (χ1) is 15.1. The second-order valence-corrected chi connectivity index (χ2v) is 7.21. The minimum absolute atomic E-state index is 0.106. The van der Waals surface area contributed by atoms with Crippen LogP contribution in [0.3, 0.4) is 0 Å². The van der Waals surface area contributed by atoms with Gasteiger partial charge in [0.15, 0.2) is 18.2 Å². The van der Waals surface area contributed by atoms with E-state index in [0.717, 1.165) is 11.1 Å². The van der Waals surface area contributed by atoms with Gasteiger partial charge in [0.25, 0.3) is 0 Å². The van der Waals surface area contributed by atoms with Crippen molar-refractivity contribution in [3.63, 3.8) is 0 Å². The normalized spacial score (nSPS) is 12.5. The van der Waals surface area contributed by atoms with Crippen LogP contribution >= 0.6 is 0 Å². The maximum absolute atomic E-state index is 12.5. The maximum Gasteiger partial charge on any atom is 0.338 e. The van der Waals surface area contributed by atoms with Gasteiger partial charge in [0.2, 0.25) is 5.91 Å². The molecule has 1 aliphatic rings. The highest BCUT2D eigenvalue weighted by molar-refractivity contribution is 6.04. The van der Waals surface area contributed by atoms with Gasteiger partial charge in [-0.25, -0.2) is 4.79 Å². The highest BCUT2D eigenvalue weighted by Crippen LogP contribution is 2.29. The zero-order chi connectivity index (χ0) is 21.4. The van der Waals surface area contributed by atoms with Crippen molar-refractivity contribution in [1.82, 2.24) is 5.16 Å². The number of nitrogens with zero attached hydrogens (tertiary/aromatic N) is 1. The second kappa shape index (κ2) is 7.53. The maximum atomic E-state index is 12.5. The molecule has 5 rings (SSSR count). The number of hydrogen-bond acceptors (Lipinski definition) is 6. The first-order valence-electron chi connectivity index (χ1n) is 9.66. The molecule has 1 amide bonds. The van der Waals surface area contributed by atoms with Crippen LogP contribution in [0.15, 0.2) is 71.3 Å². The lowest BCUT2D eigenvalue weighted by Crippen LogP contribution is -2.14. The molecular weight excluding hydrogens is 396 g/mol. The van der Waals surface area contributed by atoms with E-state index in [1.807, 2.05) is 30.3 Å². The third-order valence-corrected chi connectivity index (χ3v) is 5.13. The highest BCUT2D eigenvalue weighted by Gasteiger charge is 2.20. The van der Waals surface area contributed by atoms with E-state index in [4.69, 9.17) is 9.26 Å². The molecule has 1 N–H and O–H groups in total. The van der Waals surface area contributed by atoms with Gasteiger partial charge in [-0.05, 0) is 42.0 Å². The number of benzene rings is 3. The fourth-order valence-corrected chi connectivity index (χ4v) is 3.57. The van der Waals surface area contributed by atoms with Gasteiger partial charge in [0.1, 0.15) is 5.52 Å². The van der Waals surface area contributed by atoms with Crippen LogP contribution in [0, 0.1) is 0 Å². The molecule has 3 aromatic carbocycles. The van der Waals surface area contributed by atoms with Gasteiger partial charge in [-0.15, -0.1) is 0 Å². The van der Waals surface area contributed by atoms with E-state index in [1.165, 1.54) is 0 Å². The topological polar surface area (TPSA) is 98.5 Å². The van der Waals surface area contributed by atoms with Crippen molar-refractivity contribution in [3.8, 4) is 11.3 Å². The van der Waals surface area contributed by atoms with E-state index in [1.54, 1.807) is 36.4 Å². The van der Waals surface area contributed by atoms with Gasteiger partial charge in [0, 0.05) is 16.8 Å². The van der Waals surface area contributed by atoms with Crippen LogP contribution in [-0.2, 0) is 16.0 Å². The van der Waals surface area contributed by atoms with E-state index in [2.05, 4.69) is 10.5 Å². The molecule has 0 aliphatic carbocycles. The summed E-state index contributed by atoms with van der Waals surface area (Å²) < 4.78 is 10.7. The Kier molecular flexibility index (Phi) is 4.55. The summed E-state index contributed by atoms with van der Waals surface area (Å²) in [5.41, 5.74) is 3.61. The Morgan fingerprint density at radius 3 is 2.65 bits per heavy atom. The molecular formula is C24H16N2O5. The summed E-state index contributed by atoms with van der Waals surface area (Å²) in [6.45, 7) is -0.397. The fraction of sp³-hybridized carbons (Fsp3) is 0.0833. The van der Waals surface area contributed by atoms with Crippen LogP contribution in [0.5, 0.6) is 0 Å². The SMILES string of the molecule is O=C1Cc2cc(C(=O)COC(=O)c3ccc4noc(-c5ccccc5)c4c3)ccc2N1. The molecule has 7 nitrogen and oxygen atoms in total. The number of amides is 1. The zero-order valence-corrected chi connectivity index (χ0v) is 16.3. The predicted molar refractivity (Wildman–Crippen MR) is 113 cm³/mol. The molecule has 0 saturated carbocycles. The zero-order valence-electron chi connectivity index (χ0n) is 16.3. The molecule has 1 aromatic heterocycles. The third kappa shape index (κ3) is 3.57. The number of hydrogen-bond donors (Lipinski definition) is 1. The molecule has 0 fully saturated rings. The average molecular weight is 412 g/mol. The molecule has 2 heterocycles. The molecule has 31 heavy (non-hydrogen) atoms. The van der Waals surface area contributed by atoms with Crippen molar-refractivity contribution in [1.29, 1.82) is 0 Å². The van der Waals surface area contributed by atoms with Gasteiger partial charge < -0.3 is 14.6 Å². The number of nitrogens with one attached hydrogen (secondary N) is 1. The lowest BCUT2D eigenvalue weighted by atomic mass is 10.1. The summed E-state index contributed by atoms with van der Waals surface area (Å²) in [4.78, 5) is 36.5. The molecule has 0 unspecified atom stereocenters. The van der Waals surface area contributed by atoms with Crippen molar-refractivity contribution >= 4 is 34.3 Å². The number of esters is 1. The van der Waals surface area contributed by atoms with Crippen LogP contribution in [-0.4, -0.2) is 29.4 Å². The van der Waals surface area contributed by atoms with E-state index >= 15 is 0 Å². The van der Waals surface area contributed by atoms with Crippen molar-refractivity contribution in [2.75, 3.05) is 11.9 Å². The number of fused-ring (bicyclic) bond motifs is 2. The molecule has 0 radical (unpaired) electrons. The summed E-state index contributed by atoms with van der Waals surface area (Å²) in [6, 6.07) is 19.3. The van der Waals surface area contributed by atoms with Gasteiger partial charge in [-0.1, -0.05) is 35.5 Å². The molecule has 0 atom stereocenters. The molecule has 0 bridgehead atoms. The molecule has 4 aromatic rings. The molecule has 152 valence electrons. The fourth-order valence-electron chi connectivity index (χ4n) is 3.57. The minimum Gasteiger partial charge on any atom is -0.454 e. The van der Waals surface area contributed by atoms with Gasteiger partial charge in [-0.3, -0.25) is 9.59 Å². The Bertz CT molecular complexity index is 1340. The number of ketones is 1. The first kappa shape index (κ1) is 18.7. The highest BCUT2D eigenvalue weighted by atomic mass is 16.5. The number of carbonyl (C=O) groups excluding carboxylic acids is 3. The summed E-state index contributed by atoms with van der Waals surface area (Å²) in [5.74, 6) is -0.507. The average Bonchev–Trinajstić information content (AvgIpc) is 3.39. The lowest BCUT2D eigenvalue weighted by molar-refractivity contribution is -0.115. The number of rotatable bonds is 5. The van der Waals surface area contributed by atoms with Gasteiger partial charge >= 0.3 is 5.97 Å². The minimum atomic E-state index is -0.617. The molecule has 7 heteroatoms. The van der Waals surface area contributed by atoms with E-state index in [0.29, 0.717) is 33.5 Å². The standard InChI is InChI=1S/C24H16N2O5/c27-21(15-6-8-19-17(10-15)12-22(28)25-19)13-30-24(29)16-7-9-20-18(11-16)23(31-26-20)14-4-2-1-3-5-14/h1-11H,12-13H2,(H,25,28). The first-order valence-corrected chi connectivity index (χ1v) is 9.66. The molecule has 0 saturated heterocycles. The van der Waals surface area contributed by atoms with Crippen molar-refractivity contribution in [3.05, 3.63) is 83.4 Å². The number of carbonyl (C=O) groups is 3. The van der Waals surface area contributed by atoms with Gasteiger partial charge in [-0.2, -0.15) is 0 Å². The number of ether oxygens (including phenoxy) is 1. The van der Waals surface area contributed by atoms with E-state index in [9.17, 15) is 14.4 Å². The Labute approximate surface area is 176 Å². The van der Waals surface area contributed by atoms with Crippen molar-refractivity contribution in [2.24, 2.45) is 0 Å². The summed E-state index contributed by atoms with van der Waals surface area (Å²) in [7, 11) is 0. The van der Waals surface area contributed by atoms with E-state index in [-0.39, 0.29) is 18.1 Å². The van der Waals surface area contributed by atoms with Crippen molar-refractivity contribution in [2.45, 2.75) is 6.42 Å². The Hall–Kier alpha value is -4.26. The smallest absolute Gasteiger partial charge is 0.338 e. The molecule has 1 aliphatic heterocycles. The summed E-state index contributed by atoms with van der Waals surface area (Å²) in [6.07, 6.45) is 0.235. The van der Waals surface area contributed by atoms with Crippen LogP contribution < -0.4 is 5.32 Å². The summed E-state index contributed by atoms with van der Waals surface area (Å²) in [5, 5.41) is 7.43. The second-order valence-electron chi connectivity index (χ2n) is 7.21. The number of aromatic nitrogens is 1. The van der Waals surface area contributed by atoms with Gasteiger partial charge in [0.05, 0.1) is 17.4 Å². The summed E-state index contributed by atoms with van der Waals surface area (Å²) >= 11 is 0. The predicted octanol–water partition coefficient (Wildman–Crippen LogP) is 4.03.